The molecule has 0 bridgehead atoms. The Morgan fingerprint density at radius 3 is 2.47 bits per heavy atom. The van der Waals surface area contributed by atoms with Gasteiger partial charge in [-0.15, -0.1) is 11.3 Å². The topological polar surface area (TPSA) is 12.0 Å². The minimum absolute atomic E-state index is 0.310. The minimum atomic E-state index is 0.310. The SMILES string of the molecule is CCC(Nc1cc(Cl)cc(Cl)c1)c1cccs1. The molecule has 0 aliphatic rings. The van der Waals surface area contributed by atoms with E-state index in [0.717, 1.165) is 12.1 Å². The molecule has 0 aliphatic carbocycles. The van der Waals surface area contributed by atoms with Crippen LogP contribution in [0.1, 0.15) is 24.3 Å². The Balaban J connectivity index is 2.18. The molecule has 90 valence electrons. The Morgan fingerprint density at radius 1 is 1.24 bits per heavy atom. The normalized spacial score (nSPS) is 12.4. The molecular weight excluding hydrogens is 273 g/mol. The maximum atomic E-state index is 5.98. The van der Waals surface area contributed by atoms with Crippen molar-refractivity contribution in [1.29, 1.82) is 0 Å². The highest BCUT2D eigenvalue weighted by Gasteiger charge is 2.10. The van der Waals surface area contributed by atoms with Crippen LogP contribution in [-0.4, -0.2) is 0 Å². The average Bonchev–Trinajstić information content (AvgIpc) is 2.77. The van der Waals surface area contributed by atoms with Gasteiger partial charge in [-0.2, -0.15) is 0 Å². The lowest BCUT2D eigenvalue weighted by Crippen LogP contribution is -2.07. The molecule has 1 aromatic heterocycles. The zero-order chi connectivity index (χ0) is 12.3. The number of hydrogen-bond acceptors (Lipinski definition) is 2. The van der Waals surface area contributed by atoms with Crippen LogP contribution in [0, 0.1) is 0 Å². The molecule has 0 spiro atoms. The van der Waals surface area contributed by atoms with Crippen LogP contribution in [0.4, 0.5) is 5.69 Å². The van der Waals surface area contributed by atoms with Crippen molar-refractivity contribution in [3.05, 3.63) is 50.6 Å². The molecule has 0 fully saturated rings. The molecule has 0 saturated carbocycles. The fourth-order valence-electron chi connectivity index (χ4n) is 1.70. The molecule has 1 aromatic carbocycles. The number of rotatable bonds is 4. The van der Waals surface area contributed by atoms with E-state index >= 15 is 0 Å². The summed E-state index contributed by atoms with van der Waals surface area (Å²) >= 11 is 13.7. The van der Waals surface area contributed by atoms with Gasteiger partial charge in [0.2, 0.25) is 0 Å². The second kappa shape index (κ2) is 5.76. The first kappa shape index (κ1) is 12.7. The predicted octanol–water partition coefficient (Wildman–Crippen LogP) is 5.62. The Hall–Kier alpha value is -0.700. The van der Waals surface area contributed by atoms with E-state index in [1.54, 1.807) is 17.4 Å². The second-order valence-corrected chi connectivity index (χ2v) is 5.63. The van der Waals surface area contributed by atoms with Crippen molar-refractivity contribution >= 4 is 40.2 Å². The lowest BCUT2D eigenvalue weighted by Gasteiger charge is -2.17. The summed E-state index contributed by atoms with van der Waals surface area (Å²) in [5.74, 6) is 0. The van der Waals surface area contributed by atoms with E-state index in [-0.39, 0.29) is 0 Å². The second-order valence-electron chi connectivity index (χ2n) is 3.78. The van der Waals surface area contributed by atoms with Gasteiger partial charge < -0.3 is 5.32 Å². The highest BCUT2D eigenvalue weighted by atomic mass is 35.5. The monoisotopic (exact) mass is 285 g/mol. The number of halogens is 2. The van der Waals surface area contributed by atoms with Crippen LogP contribution in [0.3, 0.4) is 0 Å². The van der Waals surface area contributed by atoms with Gasteiger partial charge in [0, 0.05) is 20.6 Å². The molecular formula is C13H13Cl2NS. The first-order valence-electron chi connectivity index (χ1n) is 5.45. The number of thiophene rings is 1. The fourth-order valence-corrected chi connectivity index (χ4v) is 3.09. The van der Waals surface area contributed by atoms with Crippen molar-refractivity contribution in [3.63, 3.8) is 0 Å². The number of nitrogens with one attached hydrogen (secondary N) is 1. The maximum absolute atomic E-state index is 5.98. The first-order valence-corrected chi connectivity index (χ1v) is 7.08. The predicted molar refractivity (Wildman–Crippen MR) is 77.4 cm³/mol. The van der Waals surface area contributed by atoms with E-state index in [2.05, 4.69) is 29.8 Å². The van der Waals surface area contributed by atoms with Crippen molar-refractivity contribution < 1.29 is 0 Å². The van der Waals surface area contributed by atoms with E-state index in [0.29, 0.717) is 16.1 Å². The van der Waals surface area contributed by atoms with Crippen LogP contribution in [0.15, 0.2) is 35.7 Å². The van der Waals surface area contributed by atoms with Crippen LogP contribution in [0.5, 0.6) is 0 Å². The van der Waals surface area contributed by atoms with Gasteiger partial charge in [0.05, 0.1) is 6.04 Å². The van der Waals surface area contributed by atoms with Crippen molar-refractivity contribution in [2.75, 3.05) is 5.32 Å². The van der Waals surface area contributed by atoms with Crippen molar-refractivity contribution in [2.24, 2.45) is 0 Å². The summed E-state index contributed by atoms with van der Waals surface area (Å²) in [5.41, 5.74) is 0.961. The lowest BCUT2D eigenvalue weighted by atomic mass is 10.1. The van der Waals surface area contributed by atoms with Crippen LogP contribution < -0.4 is 5.32 Å². The largest absolute Gasteiger partial charge is 0.377 e. The summed E-state index contributed by atoms with van der Waals surface area (Å²) < 4.78 is 0. The summed E-state index contributed by atoms with van der Waals surface area (Å²) in [6.45, 7) is 2.16. The maximum Gasteiger partial charge on any atom is 0.0604 e. The highest BCUT2D eigenvalue weighted by molar-refractivity contribution is 7.10. The van der Waals surface area contributed by atoms with Gasteiger partial charge in [-0.3, -0.25) is 0 Å². The Morgan fingerprint density at radius 2 is 1.94 bits per heavy atom. The van der Waals surface area contributed by atoms with Gasteiger partial charge in [-0.25, -0.2) is 0 Å². The molecule has 2 rings (SSSR count). The van der Waals surface area contributed by atoms with Gasteiger partial charge in [-0.1, -0.05) is 36.2 Å². The third-order valence-electron chi connectivity index (χ3n) is 2.50. The van der Waals surface area contributed by atoms with E-state index in [4.69, 9.17) is 23.2 Å². The number of anilines is 1. The summed E-state index contributed by atoms with van der Waals surface area (Å²) in [7, 11) is 0. The lowest BCUT2D eigenvalue weighted by molar-refractivity contribution is 0.764. The molecule has 1 nitrogen and oxygen atoms in total. The van der Waals surface area contributed by atoms with Crippen molar-refractivity contribution in [1.82, 2.24) is 0 Å². The molecule has 0 saturated heterocycles. The molecule has 1 N–H and O–H groups in total. The fraction of sp³-hybridized carbons (Fsp3) is 0.231. The zero-order valence-electron chi connectivity index (χ0n) is 9.41. The van der Waals surface area contributed by atoms with Gasteiger partial charge >= 0.3 is 0 Å². The smallest absolute Gasteiger partial charge is 0.0604 e. The van der Waals surface area contributed by atoms with Crippen LogP contribution in [-0.2, 0) is 0 Å². The van der Waals surface area contributed by atoms with Crippen LogP contribution in [0.25, 0.3) is 0 Å². The van der Waals surface area contributed by atoms with E-state index in [9.17, 15) is 0 Å². The van der Waals surface area contributed by atoms with E-state index in [1.807, 2.05) is 12.1 Å². The van der Waals surface area contributed by atoms with E-state index in [1.165, 1.54) is 4.88 Å². The summed E-state index contributed by atoms with van der Waals surface area (Å²) in [6, 6.07) is 10.0. The highest BCUT2D eigenvalue weighted by Crippen LogP contribution is 2.29. The third-order valence-corrected chi connectivity index (χ3v) is 3.92. The van der Waals surface area contributed by atoms with Gasteiger partial charge in [0.1, 0.15) is 0 Å². The first-order chi connectivity index (χ1) is 8.19. The standard InChI is InChI=1S/C13H13Cl2NS/c1-2-12(13-4-3-5-17-13)16-11-7-9(14)6-10(15)8-11/h3-8,12,16H,2H2,1H3. The number of hydrogen-bond donors (Lipinski definition) is 1. The molecule has 17 heavy (non-hydrogen) atoms. The summed E-state index contributed by atoms with van der Waals surface area (Å²) in [5, 5.41) is 6.85. The molecule has 0 aliphatic heterocycles. The molecule has 2 aromatic rings. The van der Waals surface area contributed by atoms with Gasteiger partial charge in [0.25, 0.3) is 0 Å². The Kier molecular flexibility index (Phi) is 4.32. The third kappa shape index (κ3) is 3.38. The van der Waals surface area contributed by atoms with Gasteiger partial charge in [-0.05, 0) is 36.1 Å². The van der Waals surface area contributed by atoms with E-state index < -0.39 is 0 Å². The van der Waals surface area contributed by atoms with Crippen LogP contribution >= 0.6 is 34.5 Å². The Bertz CT molecular complexity index is 462. The molecule has 1 unspecified atom stereocenters. The number of benzene rings is 1. The molecule has 1 atom stereocenters. The molecule has 1 heterocycles. The van der Waals surface area contributed by atoms with Gasteiger partial charge in [0.15, 0.2) is 0 Å². The molecule has 0 amide bonds. The summed E-state index contributed by atoms with van der Waals surface area (Å²) in [4.78, 5) is 1.32. The summed E-state index contributed by atoms with van der Waals surface area (Å²) in [6.07, 6.45) is 1.02. The van der Waals surface area contributed by atoms with Crippen molar-refractivity contribution in [2.45, 2.75) is 19.4 Å². The quantitative estimate of drug-likeness (QED) is 0.769. The Labute approximate surface area is 115 Å². The molecule has 0 radical (unpaired) electrons. The minimum Gasteiger partial charge on any atom is -0.377 e. The zero-order valence-corrected chi connectivity index (χ0v) is 11.7. The van der Waals surface area contributed by atoms with Crippen molar-refractivity contribution in [3.8, 4) is 0 Å². The van der Waals surface area contributed by atoms with Crippen LogP contribution in [0.2, 0.25) is 10.0 Å². The average molecular weight is 286 g/mol. The molecule has 4 heteroatoms.